The molecule has 0 bridgehead atoms. The average molecular weight is 352 g/mol. The van der Waals surface area contributed by atoms with Crippen LogP contribution in [0.1, 0.15) is 24.2 Å². The summed E-state index contributed by atoms with van der Waals surface area (Å²) in [6, 6.07) is 5.50. The lowest BCUT2D eigenvalue weighted by molar-refractivity contribution is -0.135. The van der Waals surface area contributed by atoms with E-state index in [1.807, 2.05) is 30.5 Å². The molecular formula is C16H18BrNO3. The number of allylic oxidation sites excluding steroid dienone is 1. The lowest BCUT2D eigenvalue weighted by Gasteiger charge is -2.02. The maximum atomic E-state index is 12.0. The number of para-hydroxylation sites is 1. The molecular weight excluding hydrogens is 334 g/mol. The zero-order valence-electron chi connectivity index (χ0n) is 12.4. The second kappa shape index (κ2) is 7.78. The first-order valence-electron chi connectivity index (χ1n) is 6.61. The Bertz CT molecular complexity index is 673. The van der Waals surface area contributed by atoms with E-state index >= 15 is 0 Å². The molecule has 1 heterocycles. The first-order chi connectivity index (χ1) is 10.1. The SMILES string of the molecule is C=CCn1cc(C(=O)C(=O)OC)c2cccc(Br)c21.CC. The van der Waals surface area contributed by atoms with Gasteiger partial charge in [0.25, 0.3) is 5.78 Å². The van der Waals surface area contributed by atoms with Gasteiger partial charge in [0.05, 0.1) is 18.2 Å². The largest absolute Gasteiger partial charge is 0.463 e. The van der Waals surface area contributed by atoms with Gasteiger partial charge in [0.15, 0.2) is 0 Å². The van der Waals surface area contributed by atoms with Gasteiger partial charge in [0, 0.05) is 22.6 Å². The Morgan fingerprint density at radius 3 is 2.62 bits per heavy atom. The number of fused-ring (bicyclic) bond motifs is 1. The van der Waals surface area contributed by atoms with Crippen molar-refractivity contribution in [3.63, 3.8) is 0 Å². The fourth-order valence-corrected chi connectivity index (χ4v) is 2.58. The van der Waals surface area contributed by atoms with Crippen molar-refractivity contribution in [1.29, 1.82) is 0 Å². The van der Waals surface area contributed by atoms with Gasteiger partial charge in [-0.2, -0.15) is 0 Å². The number of hydrogen-bond acceptors (Lipinski definition) is 3. The van der Waals surface area contributed by atoms with E-state index in [-0.39, 0.29) is 0 Å². The molecule has 2 rings (SSSR count). The van der Waals surface area contributed by atoms with Gasteiger partial charge in [-0.25, -0.2) is 4.79 Å². The van der Waals surface area contributed by atoms with Crippen LogP contribution in [0.15, 0.2) is 41.5 Å². The van der Waals surface area contributed by atoms with Gasteiger partial charge in [-0.3, -0.25) is 4.79 Å². The van der Waals surface area contributed by atoms with Crippen molar-refractivity contribution in [2.75, 3.05) is 7.11 Å². The number of Topliss-reactive ketones (excluding diaryl/α,β-unsaturated/α-hetero) is 1. The zero-order valence-corrected chi connectivity index (χ0v) is 13.9. The molecule has 2 aromatic rings. The lowest BCUT2D eigenvalue weighted by Crippen LogP contribution is -2.15. The number of carbonyl (C=O) groups excluding carboxylic acids is 2. The molecule has 0 radical (unpaired) electrons. The summed E-state index contributed by atoms with van der Waals surface area (Å²) in [5.41, 5.74) is 1.19. The van der Waals surface area contributed by atoms with Crippen molar-refractivity contribution >= 4 is 38.6 Å². The molecule has 0 amide bonds. The van der Waals surface area contributed by atoms with Gasteiger partial charge in [-0.1, -0.05) is 32.1 Å². The first-order valence-corrected chi connectivity index (χ1v) is 7.40. The third kappa shape index (κ3) is 3.42. The summed E-state index contributed by atoms with van der Waals surface area (Å²) in [4.78, 5) is 23.4. The van der Waals surface area contributed by atoms with Crippen molar-refractivity contribution in [1.82, 2.24) is 4.57 Å². The summed E-state index contributed by atoms with van der Waals surface area (Å²) < 4.78 is 7.21. The smallest absolute Gasteiger partial charge is 0.379 e. The molecule has 1 aromatic heterocycles. The van der Waals surface area contributed by atoms with Crippen LogP contribution in [-0.4, -0.2) is 23.4 Å². The maximum Gasteiger partial charge on any atom is 0.379 e. The molecule has 1 aromatic carbocycles. The molecule has 0 saturated heterocycles. The van der Waals surface area contributed by atoms with E-state index in [1.165, 1.54) is 7.11 Å². The number of benzene rings is 1. The standard InChI is InChI=1S/C14H12BrNO3.C2H6/c1-3-7-16-8-10(13(17)14(18)19-2)9-5-4-6-11(15)12(9)16;1-2/h3-6,8H,1,7H2,2H3;1-2H3. The molecule has 0 saturated carbocycles. The van der Waals surface area contributed by atoms with Crippen LogP contribution in [0.2, 0.25) is 0 Å². The van der Waals surface area contributed by atoms with Crippen molar-refractivity contribution in [2.24, 2.45) is 0 Å². The normalized spacial score (nSPS) is 9.71. The zero-order chi connectivity index (χ0) is 16.0. The molecule has 0 spiro atoms. The van der Waals surface area contributed by atoms with Crippen molar-refractivity contribution in [2.45, 2.75) is 20.4 Å². The van der Waals surface area contributed by atoms with E-state index in [1.54, 1.807) is 18.3 Å². The third-order valence-corrected chi connectivity index (χ3v) is 3.43. The summed E-state index contributed by atoms with van der Waals surface area (Å²) in [7, 11) is 1.19. The van der Waals surface area contributed by atoms with Gasteiger partial charge >= 0.3 is 5.97 Å². The number of aromatic nitrogens is 1. The van der Waals surface area contributed by atoms with Gasteiger partial charge in [-0.15, -0.1) is 6.58 Å². The molecule has 0 unspecified atom stereocenters. The average Bonchev–Trinajstić information content (AvgIpc) is 2.88. The Labute approximate surface area is 132 Å². The minimum atomic E-state index is -0.863. The van der Waals surface area contributed by atoms with Gasteiger partial charge in [-0.05, 0) is 22.0 Å². The van der Waals surface area contributed by atoms with E-state index in [0.717, 1.165) is 9.99 Å². The van der Waals surface area contributed by atoms with E-state index in [0.29, 0.717) is 17.5 Å². The first kappa shape index (κ1) is 17.2. The van der Waals surface area contributed by atoms with E-state index < -0.39 is 11.8 Å². The number of methoxy groups -OCH3 is 1. The highest BCUT2D eigenvalue weighted by Gasteiger charge is 2.22. The number of ketones is 1. The molecule has 0 N–H and O–H groups in total. The summed E-state index contributed by atoms with van der Waals surface area (Å²) in [6.45, 7) is 8.23. The highest BCUT2D eigenvalue weighted by molar-refractivity contribution is 9.10. The molecule has 0 atom stereocenters. The number of rotatable bonds is 4. The van der Waals surface area contributed by atoms with Crippen LogP contribution in [0.4, 0.5) is 0 Å². The second-order valence-corrected chi connectivity index (χ2v) is 4.79. The van der Waals surface area contributed by atoms with Crippen LogP contribution in [0.25, 0.3) is 10.9 Å². The topological polar surface area (TPSA) is 48.3 Å². The third-order valence-electron chi connectivity index (χ3n) is 2.79. The van der Waals surface area contributed by atoms with Crippen molar-refractivity contribution in [3.05, 3.63) is 47.1 Å². The Kier molecular flexibility index (Phi) is 6.37. The van der Waals surface area contributed by atoms with Gasteiger partial charge < -0.3 is 9.30 Å². The molecule has 0 aliphatic carbocycles. The maximum absolute atomic E-state index is 12.0. The fourth-order valence-electron chi connectivity index (χ4n) is 1.98. The minimum absolute atomic E-state index is 0.338. The number of carbonyl (C=O) groups is 2. The molecule has 112 valence electrons. The Morgan fingerprint density at radius 2 is 2.05 bits per heavy atom. The highest BCUT2D eigenvalue weighted by Crippen LogP contribution is 2.29. The summed E-state index contributed by atoms with van der Waals surface area (Å²) in [5.74, 6) is -1.51. The van der Waals surface area contributed by atoms with Crippen LogP contribution in [0.5, 0.6) is 0 Å². The van der Waals surface area contributed by atoms with E-state index in [9.17, 15) is 9.59 Å². The molecule has 0 aliphatic heterocycles. The lowest BCUT2D eigenvalue weighted by atomic mass is 10.1. The number of esters is 1. The Hall–Kier alpha value is -1.88. The summed E-state index contributed by atoms with van der Waals surface area (Å²) in [5, 5.41) is 0.714. The number of hydrogen-bond donors (Lipinski definition) is 0. The highest BCUT2D eigenvalue weighted by atomic mass is 79.9. The number of ether oxygens (including phenoxy) is 1. The Morgan fingerprint density at radius 1 is 1.38 bits per heavy atom. The van der Waals surface area contributed by atoms with Gasteiger partial charge in [0.1, 0.15) is 0 Å². The molecule has 4 nitrogen and oxygen atoms in total. The molecule has 21 heavy (non-hydrogen) atoms. The van der Waals surface area contributed by atoms with Crippen molar-refractivity contribution in [3.8, 4) is 0 Å². The minimum Gasteiger partial charge on any atom is -0.463 e. The Balaban J connectivity index is 0.00000106. The van der Waals surface area contributed by atoms with Crippen LogP contribution in [-0.2, 0) is 16.1 Å². The summed E-state index contributed by atoms with van der Waals surface area (Å²) >= 11 is 3.45. The van der Waals surface area contributed by atoms with E-state index in [4.69, 9.17) is 0 Å². The van der Waals surface area contributed by atoms with Gasteiger partial charge in [0.2, 0.25) is 0 Å². The number of halogens is 1. The van der Waals surface area contributed by atoms with E-state index in [2.05, 4.69) is 27.2 Å². The predicted octanol–water partition coefficient (Wildman–Crippen LogP) is 3.97. The molecule has 0 fully saturated rings. The van der Waals surface area contributed by atoms with Crippen LogP contribution < -0.4 is 0 Å². The van der Waals surface area contributed by atoms with Crippen LogP contribution in [0, 0.1) is 0 Å². The quantitative estimate of drug-likeness (QED) is 0.362. The molecule has 5 heteroatoms. The molecule has 0 aliphatic rings. The predicted molar refractivity (Wildman–Crippen MR) is 87.5 cm³/mol. The monoisotopic (exact) mass is 351 g/mol. The van der Waals surface area contributed by atoms with Crippen molar-refractivity contribution < 1.29 is 14.3 Å². The summed E-state index contributed by atoms with van der Waals surface area (Å²) in [6.07, 6.45) is 3.38. The van der Waals surface area contributed by atoms with Crippen LogP contribution >= 0.6 is 15.9 Å². The number of nitrogens with zero attached hydrogens (tertiary/aromatic N) is 1. The fraction of sp³-hybridized carbons (Fsp3) is 0.250. The van der Waals surface area contributed by atoms with Crippen LogP contribution in [0.3, 0.4) is 0 Å². The second-order valence-electron chi connectivity index (χ2n) is 3.94.